The third-order valence-electron chi connectivity index (χ3n) is 8.91. The Kier molecular flexibility index (Phi) is 5.78. The van der Waals surface area contributed by atoms with Gasteiger partial charge in [0.25, 0.3) is 0 Å². The molecule has 1 aliphatic carbocycles. The Labute approximate surface area is 260 Å². The molecule has 5 nitrogen and oxygen atoms in total. The van der Waals surface area contributed by atoms with Gasteiger partial charge in [-0.15, -0.1) is 0 Å². The summed E-state index contributed by atoms with van der Waals surface area (Å²) in [5.41, 5.74) is 7.80. The molecule has 0 N–H and O–H groups in total. The maximum atomic E-state index is 5.12. The Balaban J connectivity index is 1.39. The molecular formula is C40H29N5. The number of allylic oxidation sites excluding steroid dienone is 4. The normalized spacial score (nSPS) is 15.0. The molecule has 0 aliphatic heterocycles. The monoisotopic (exact) mass is 579 g/mol. The first kappa shape index (κ1) is 25.7. The van der Waals surface area contributed by atoms with Crippen LogP contribution in [-0.4, -0.2) is 24.1 Å². The van der Waals surface area contributed by atoms with Gasteiger partial charge in [0.05, 0.1) is 22.1 Å². The van der Waals surface area contributed by atoms with E-state index in [9.17, 15) is 0 Å². The van der Waals surface area contributed by atoms with E-state index in [-0.39, 0.29) is 0 Å². The molecule has 5 heteroatoms. The summed E-state index contributed by atoms with van der Waals surface area (Å²) in [6, 6.07) is 42.2. The van der Waals surface area contributed by atoms with Crippen LogP contribution in [0.4, 0.5) is 0 Å². The van der Waals surface area contributed by atoms with E-state index in [1.54, 1.807) is 0 Å². The standard InChI is InChI=1S/C40H29N5/c1-26-13-12-18-29(25-26)44-32-21-10-8-19-30(32)36-34(44)23-24-35-37(36)31-20-9-11-22-33(31)45(35)40-42-38(27-14-4-2-5-15-27)41-39(43-40)28-16-6-3-7-17-28/h2-24,26H,25H2,1H3. The molecule has 5 aromatic carbocycles. The van der Waals surface area contributed by atoms with E-state index in [0.717, 1.165) is 28.6 Å². The van der Waals surface area contributed by atoms with Crippen LogP contribution in [0.25, 0.3) is 78.0 Å². The van der Waals surface area contributed by atoms with E-state index < -0.39 is 0 Å². The SMILES string of the molecule is CC1C=CC=C(n2c3ccccc3c3c4c5ccccc5n(-c5nc(-c6ccccc6)nc(-c6ccccc6)n5)c4ccc32)C1. The summed E-state index contributed by atoms with van der Waals surface area (Å²) in [7, 11) is 0. The fourth-order valence-corrected chi connectivity index (χ4v) is 6.93. The molecule has 0 spiro atoms. The van der Waals surface area contributed by atoms with E-state index in [1.165, 1.54) is 38.3 Å². The predicted molar refractivity (Wildman–Crippen MR) is 185 cm³/mol. The second kappa shape index (κ2) is 10.1. The zero-order valence-electron chi connectivity index (χ0n) is 24.8. The van der Waals surface area contributed by atoms with Crippen molar-refractivity contribution in [3.63, 3.8) is 0 Å². The Hall–Kier alpha value is -5.81. The second-order valence-corrected chi connectivity index (χ2v) is 11.8. The first-order valence-corrected chi connectivity index (χ1v) is 15.4. The van der Waals surface area contributed by atoms with Gasteiger partial charge in [0.2, 0.25) is 5.95 Å². The summed E-state index contributed by atoms with van der Waals surface area (Å²) in [5.74, 6) is 2.39. The molecule has 0 radical (unpaired) electrons. The molecule has 3 aromatic heterocycles. The van der Waals surface area contributed by atoms with Gasteiger partial charge < -0.3 is 4.57 Å². The van der Waals surface area contributed by atoms with Crippen molar-refractivity contribution in [1.82, 2.24) is 24.1 Å². The van der Waals surface area contributed by atoms with Crippen LogP contribution >= 0.6 is 0 Å². The van der Waals surface area contributed by atoms with Gasteiger partial charge in [0.15, 0.2) is 11.6 Å². The third-order valence-corrected chi connectivity index (χ3v) is 8.91. The Morgan fingerprint density at radius 1 is 0.533 bits per heavy atom. The lowest BCUT2D eigenvalue weighted by Gasteiger charge is -2.18. The van der Waals surface area contributed by atoms with Crippen molar-refractivity contribution >= 4 is 49.3 Å². The number of para-hydroxylation sites is 2. The minimum absolute atomic E-state index is 0.494. The van der Waals surface area contributed by atoms with Crippen LogP contribution in [0.1, 0.15) is 13.3 Å². The van der Waals surface area contributed by atoms with Crippen LogP contribution in [0.15, 0.2) is 140 Å². The Morgan fingerprint density at radius 3 is 1.62 bits per heavy atom. The van der Waals surface area contributed by atoms with Crippen LogP contribution < -0.4 is 0 Å². The number of aromatic nitrogens is 5. The van der Waals surface area contributed by atoms with Crippen LogP contribution in [0.2, 0.25) is 0 Å². The van der Waals surface area contributed by atoms with Crippen molar-refractivity contribution in [2.45, 2.75) is 13.3 Å². The fourth-order valence-electron chi connectivity index (χ4n) is 6.93. The summed E-state index contributed by atoms with van der Waals surface area (Å²) in [6.45, 7) is 2.28. The highest BCUT2D eigenvalue weighted by Gasteiger charge is 2.23. The van der Waals surface area contributed by atoms with E-state index in [1.807, 2.05) is 60.7 Å². The lowest BCUT2D eigenvalue weighted by atomic mass is 10.00. The van der Waals surface area contributed by atoms with Gasteiger partial charge in [0.1, 0.15) is 0 Å². The second-order valence-electron chi connectivity index (χ2n) is 11.8. The number of hydrogen-bond acceptors (Lipinski definition) is 3. The Bertz CT molecular complexity index is 2410. The molecule has 0 bridgehead atoms. The average molecular weight is 580 g/mol. The molecule has 0 amide bonds. The first-order chi connectivity index (χ1) is 22.2. The summed E-state index contributed by atoms with van der Waals surface area (Å²) < 4.78 is 4.67. The molecule has 0 saturated carbocycles. The van der Waals surface area contributed by atoms with Crippen molar-refractivity contribution in [3.05, 3.63) is 140 Å². The number of fused-ring (bicyclic) bond motifs is 7. The van der Waals surface area contributed by atoms with Crippen molar-refractivity contribution in [3.8, 4) is 28.7 Å². The lowest BCUT2D eigenvalue weighted by molar-refractivity contribution is 0.730. The van der Waals surface area contributed by atoms with E-state index in [0.29, 0.717) is 23.5 Å². The molecule has 214 valence electrons. The van der Waals surface area contributed by atoms with Crippen LogP contribution in [0.3, 0.4) is 0 Å². The molecule has 1 atom stereocenters. The highest BCUT2D eigenvalue weighted by Crippen LogP contribution is 2.43. The molecule has 1 aliphatic rings. The summed E-state index contributed by atoms with van der Waals surface area (Å²) >= 11 is 0. The quantitative estimate of drug-likeness (QED) is 0.208. The topological polar surface area (TPSA) is 48.5 Å². The summed E-state index contributed by atoms with van der Waals surface area (Å²) in [6.07, 6.45) is 7.75. The highest BCUT2D eigenvalue weighted by molar-refractivity contribution is 6.29. The molecule has 0 fully saturated rings. The van der Waals surface area contributed by atoms with Gasteiger partial charge in [-0.05, 0) is 42.7 Å². The molecule has 45 heavy (non-hydrogen) atoms. The van der Waals surface area contributed by atoms with Crippen LogP contribution in [0.5, 0.6) is 0 Å². The molecule has 8 aromatic rings. The van der Waals surface area contributed by atoms with Crippen molar-refractivity contribution in [2.75, 3.05) is 0 Å². The molecular weight excluding hydrogens is 550 g/mol. The van der Waals surface area contributed by atoms with E-state index in [4.69, 9.17) is 15.0 Å². The molecule has 0 saturated heterocycles. The van der Waals surface area contributed by atoms with E-state index in [2.05, 4.69) is 94.9 Å². The maximum Gasteiger partial charge on any atom is 0.238 e. The van der Waals surface area contributed by atoms with Crippen LogP contribution in [0, 0.1) is 5.92 Å². The van der Waals surface area contributed by atoms with E-state index >= 15 is 0 Å². The zero-order valence-corrected chi connectivity index (χ0v) is 24.8. The summed E-state index contributed by atoms with van der Waals surface area (Å²) in [4.78, 5) is 15.2. The number of rotatable bonds is 4. The Morgan fingerprint density at radius 2 is 1.04 bits per heavy atom. The fraction of sp³-hybridized carbons (Fsp3) is 0.0750. The van der Waals surface area contributed by atoms with Crippen molar-refractivity contribution in [2.24, 2.45) is 5.92 Å². The minimum atomic E-state index is 0.494. The van der Waals surface area contributed by atoms with Crippen molar-refractivity contribution in [1.29, 1.82) is 0 Å². The zero-order chi connectivity index (χ0) is 29.9. The van der Waals surface area contributed by atoms with Gasteiger partial charge in [-0.2, -0.15) is 9.97 Å². The highest BCUT2D eigenvalue weighted by atomic mass is 15.2. The number of nitrogens with zero attached hydrogens (tertiary/aromatic N) is 5. The lowest BCUT2D eigenvalue weighted by Crippen LogP contribution is -2.06. The predicted octanol–water partition coefficient (Wildman–Crippen LogP) is 9.85. The number of hydrogen-bond donors (Lipinski definition) is 0. The maximum absolute atomic E-state index is 5.12. The van der Waals surface area contributed by atoms with Gasteiger partial charge in [-0.25, -0.2) is 4.98 Å². The molecule has 9 rings (SSSR count). The first-order valence-electron chi connectivity index (χ1n) is 15.4. The van der Waals surface area contributed by atoms with Gasteiger partial charge in [0, 0.05) is 38.4 Å². The molecule has 3 heterocycles. The third kappa shape index (κ3) is 4.05. The van der Waals surface area contributed by atoms with Gasteiger partial charge in [-0.3, -0.25) is 4.57 Å². The van der Waals surface area contributed by atoms with Gasteiger partial charge >= 0.3 is 0 Å². The largest absolute Gasteiger partial charge is 0.313 e. The smallest absolute Gasteiger partial charge is 0.238 e. The number of benzene rings is 5. The average Bonchev–Trinajstić information content (AvgIpc) is 3.62. The summed E-state index contributed by atoms with van der Waals surface area (Å²) in [5, 5.41) is 4.88. The van der Waals surface area contributed by atoms with Gasteiger partial charge in [-0.1, -0.05) is 116 Å². The minimum Gasteiger partial charge on any atom is -0.313 e. The van der Waals surface area contributed by atoms with Crippen molar-refractivity contribution < 1.29 is 0 Å². The molecule has 1 unspecified atom stereocenters. The van der Waals surface area contributed by atoms with Crippen LogP contribution in [-0.2, 0) is 0 Å².